The number of halogens is 3. The van der Waals surface area contributed by atoms with Crippen LogP contribution >= 0.6 is 11.6 Å². The standard InChI is InChI=1S/C28H35N3O.C28H41N3O.C25H34ClN3O2.C22H26F2N2O/c1-3-9-22(2)30-18-15-26(16-19-30)31(21-23-10-5-4-6-11-23)27(32)20-25-13-7-12-24-14-8-17-29-28(24)25;1-6-11-22(2)30-18-16-26(17-19-30)31(21-23-12-8-7-9-13-23)27(32)29-25-15-10-14-24(20-25)28(3,4)5;1-4-8-19(2)28-15-13-22(14-16-28)29(18-20-9-6-5-7-10-20)25(30)27-21-11-12-24(31-3)23(26)17-21;1-16-6-3-4-7-18(16)15-26-12-10-17(11-13-26)21(27)25-20-9-5-8-19(14-20)22(2,23)24/h4-8,10-14,17,22,26H,3,9,15-16,18-21H2,1-2H3;7-10,12-15,20,22,26H,6,11,16-19,21H2,1-5H3,(H,29,32);5-7,9-12,17,19,22H,4,8,13-16,18H2,1-3H3,(H,27,30);3-9,14,17H,10-13,15H2,1-2H3,(H,25,27). The van der Waals surface area contributed by atoms with Crippen molar-refractivity contribution >= 4 is 63.4 Å². The van der Waals surface area contributed by atoms with Gasteiger partial charge in [-0.15, -0.1) is 0 Å². The van der Waals surface area contributed by atoms with Crippen molar-refractivity contribution in [1.82, 2.24) is 39.3 Å². The molecule has 16 nitrogen and oxygen atoms in total. The number of amides is 6. The fourth-order valence-electron chi connectivity index (χ4n) is 17.5. The molecule has 0 spiro atoms. The predicted octanol–water partition coefficient (Wildman–Crippen LogP) is 23.1. The van der Waals surface area contributed by atoms with Crippen LogP contribution in [0.2, 0.25) is 5.02 Å². The third-order valence-corrected chi connectivity index (χ3v) is 25.2. The molecule has 122 heavy (non-hydrogen) atoms. The minimum Gasteiger partial charge on any atom is -0.495 e. The Bertz CT molecular complexity index is 4670. The maximum Gasteiger partial charge on any atom is 0.322 e. The van der Waals surface area contributed by atoms with Gasteiger partial charge in [0.2, 0.25) is 11.8 Å². The van der Waals surface area contributed by atoms with Gasteiger partial charge in [0.05, 0.1) is 24.1 Å². The van der Waals surface area contributed by atoms with Gasteiger partial charge in [-0.05, 0) is 204 Å². The first-order valence-electron chi connectivity index (χ1n) is 44.9. The fourth-order valence-corrected chi connectivity index (χ4v) is 17.7. The van der Waals surface area contributed by atoms with Gasteiger partial charge >= 0.3 is 12.1 Å². The summed E-state index contributed by atoms with van der Waals surface area (Å²) in [7, 11) is 1.58. The number of carbonyl (C=O) groups is 4. The number of carbonyl (C=O) groups excluding carboxylic acids is 4. The predicted molar refractivity (Wildman–Crippen MR) is 498 cm³/mol. The molecule has 3 unspecified atom stereocenters. The first-order valence-corrected chi connectivity index (χ1v) is 45.3. The van der Waals surface area contributed by atoms with Crippen molar-refractivity contribution in [2.75, 3.05) is 75.4 Å². The smallest absolute Gasteiger partial charge is 0.322 e. The Kier molecular flexibility index (Phi) is 36.7. The lowest BCUT2D eigenvalue weighted by Crippen LogP contribution is -2.50. The SMILES string of the molecule is CCCC(C)N1CCC(N(Cc2ccccc2)C(=O)Cc2cccc3cccnc23)CC1.CCCC(C)N1CCC(N(Cc2ccccc2)C(=O)Nc2ccc(OC)c(Cl)c2)CC1.CCCC(C)N1CCC(N(Cc2ccccc2)C(=O)Nc2cccc(C(C)(C)C)c2)CC1.Cc1ccccc1CN1CCC(C(=O)Nc2cccc(C(C)(F)F)c2)CC1. The summed E-state index contributed by atoms with van der Waals surface area (Å²) in [6, 6.07) is 71.4. The number of likely N-dealkylation sites (tertiary alicyclic amines) is 4. The lowest BCUT2D eigenvalue weighted by atomic mass is 9.87. The van der Waals surface area contributed by atoms with Crippen LogP contribution in [0.15, 0.2) is 219 Å². The molecule has 0 bridgehead atoms. The molecule has 19 heteroatoms. The van der Waals surface area contributed by atoms with Crippen LogP contribution in [0, 0.1) is 12.8 Å². The Morgan fingerprint density at radius 2 is 0.902 bits per heavy atom. The highest BCUT2D eigenvalue weighted by Crippen LogP contribution is 2.34. The summed E-state index contributed by atoms with van der Waals surface area (Å²) in [4.78, 5) is 73.9. The van der Waals surface area contributed by atoms with E-state index in [1.807, 2.05) is 96.0 Å². The van der Waals surface area contributed by atoms with E-state index in [2.05, 4.69) is 211 Å². The average molecular weight is 1680 g/mol. The van der Waals surface area contributed by atoms with Gasteiger partial charge in [0.15, 0.2) is 0 Å². The fraction of sp³-hybridized carbons (Fsp3) is 0.466. The van der Waals surface area contributed by atoms with E-state index in [4.69, 9.17) is 16.3 Å². The number of methoxy groups -OCH3 is 1. The quantitative estimate of drug-likeness (QED) is 0.0433. The van der Waals surface area contributed by atoms with E-state index in [0.29, 0.717) is 66.3 Å². The van der Waals surface area contributed by atoms with Gasteiger partial charge in [-0.3, -0.25) is 19.5 Å². The number of fused-ring (bicyclic) bond motifs is 1. The zero-order chi connectivity index (χ0) is 87.1. The van der Waals surface area contributed by atoms with E-state index < -0.39 is 5.92 Å². The summed E-state index contributed by atoms with van der Waals surface area (Å²) in [6.07, 6.45) is 17.2. The van der Waals surface area contributed by atoms with E-state index in [1.54, 1.807) is 31.4 Å². The number of para-hydroxylation sites is 1. The zero-order valence-corrected chi connectivity index (χ0v) is 75.4. The van der Waals surface area contributed by atoms with E-state index in [-0.39, 0.29) is 58.9 Å². The van der Waals surface area contributed by atoms with Crippen LogP contribution in [-0.2, 0) is 53.5 Å². The molecule has 4 saturated heterocycles. The van der Waals surface area contributed by atoms with Crippen LogP contribution in [0.3, 0.4) is 0 Å². The van der Waals surface area contributed by atoms with E-state index >= 15 is 0 Å². The van der Waals surface area contributed by atoms with Crippen molar-refractivity contribution in [2.45, 2.75) is 246 Å². The number of ether oxygens (including phenoxy) is 1. The van der Waals surface area contributed by atoms with Crippen molar-refractivity contribution < 1.29 is 32.7 Å². The van der Waals surface area contributed by atoms with Crippen LogP contribution in [0.5, 0.6) is 5.75 Å². The molecule has 6 amide bonds. The Labute approximate surface area is 732 Å². The van der Waals surface area contributed by atoms with Crippen molar-refractivity contribution in [3.8, 4) is 5.75 Å². The van der Waals surface area contributed by atoms with Gasteiger partial charge in [0.1, 0.15) is 5.75 Å². The Hall–Kier alpha value is -9.56. The number of aromatic nitrogens is 1. The largest absolute Gasteiger partial charge is 0.495 e. The molecule has 4 aliphatic rings. The molecule has 654 valence electrons. The highest BCUT2D eigenvalue weighted by atomic mass is 35.5. The molecule has 0 aliphatic carbocycles. The Balaban J connectivity index is 0.000000171. The second-order valence-electron chi connectivity index (χ2n) is 35.1. The van der Waals surface area contributed by atoms with Gasteiger partial charge in [-0.25, -0.2) is 18.4 Å². The number of piperidine rings is 4. The van der Waals surface area contributed by atoms with E-state index in [9.17, 15) is 28.0 Å². The summed E-state index contributed by atoms with van der Waals surface area (Å²) >= 11 is 6.25. The molecule has 8 aromatic carbocycles. The molecule has 3 atom stereocenters. The summed E-state index contributed by atoms with van der Waals surface area (Å²) in [5.41, 5.74) is 11.2. The van der Waals surface area contributed by atoms with Crippen molar-refractivity contribution in [3.63, 3.8) is 0 Å². The van der Waals surface area contributed by atoms with Crippen molar-refractivity contribution in [3.05, 3.63) is 268 Å². The number of aryl methyl sites for hydroxylation is 1. The van der Waals surface area contributed by atoms with Gasteiger partial charge in [0.25, 0.3) is 5.92 Å². The summed E-state index contributed by atoms with van der Waals surface area (Å²) in [5.74, 6) is -2.28. The number of alkyl halides is 2. The van der Waals surface area contributed by atoms with Crippen molar-refractivity contribution in [2.24, 2.45) is 5.92 Å². The summed E-state index contributed by atoms with van der Waals surface area (Å²) in [6.45, 7) is 34.1. The number of anilines is 3. The normalized spacial score (nSPS) is 16.3. The minimum atomic E-state index is -2.92. The van der Waals surface area contributed by atoms with Gasteiger partial charge in [-0.2, -0.15) is 0 Å². The number of hydrogen-bond donors (Lipinski definition) is 3. The number of nitrogens with one attached hydrogen (secondary N) is 3. The molecule has 4 aliphatic heterocycles. The molecule has 1 aromatic heterocycles. The van der Waals surface area contributed by atoms with Crippen LogP contribution in [0.1, 0.15) is 204 Å². The molecule has 9 aromatic rings. The molecule has 3 N–H and O–H groups in total. The summed E-state index contributed by atoms with van der Waals surface area (Å²) < 4.78 is 32.1. The van der Waals surface area contributed by atoms with E-state index in [1.165, 1.54) is 78.5 Å². The molecule has 4 fully saturated rings. The van der Waals surface area contributed by atoms with Crippen LogP contribution < -0.4 is 20.7 Å². The highest BCUT2D eigenvalue weighted by Gasteiger charge is 2.35. The van der Waals surface area contributed by atoms with Crippen LogP contribution in [0.25, 0.3) is 10.9 Å². The number of benzene rings is 8. The topological polar surface area (TPSA) is 149 Å². The molecule has 0 saturated carbocycles. The molecule has 5 heterocycles. The number of urea groups is 2. The Morgan fingerprint density at radius 3 is 1.36 bits per heavy atom. The van der Waals surface area contributed by atoms with Gasteiger partial charge < -0.3 is 50.1 Å². The maximum atomic E-state index is 13.7. The molecular weight excluding hydrogens is 1540 g/mol. The monoisotopic (exact) mass is 1680 g/mol. The van der Waals surface area contributed by atoms with Crippen LogP contribution in [-0.4, -0.2) is 159 Å². The summed E-state index contributed by atoms with van der Waals surface area (Å²) in [5, 5.41) is 10.6. The molecule has 13 rings (SSSR count). The van der Waals surface area contributed by atoms with E-state index in [0.717, 1.165) is 145 Å². The zero-order valence-electron chi connectivity index (χ0n) is 74.7. The lowest BCUT2D eigenvalue weighted by molar-refractivity contribution is -0.134. The third kappa shape index (κ3) is 28.8. The first kappa shape index (κ1) is 94.7. The third-order valence-electron chi connectivity index (χ3n) is 24.9. The first-order chi connectivity index (χ1) is 58.8. The maximum absolute atomic E-state index is 13.7. The van der Waals surface area contributed by atoms with Gasteiger partial charge in [0, 0.05) is 149 Å². The second-order valence-corrected chi connectivity index (χ2v) is 35.5. The Morgan fingerprint density at radius 1 is 0.484 bits per heavy atom. The van der Waals surface area contributed by atoms with Gasteiger partial charge in [-0.1, -0.05) is 236 Å². The second kappa shape index (κ2) is 47.3. The number of hydrogen-bond acceptors (Lipinski definition) is 10. The highest BCUT2D eigenvalue weighted by molar-refractivity contribution is 6.32. The molecular formula is C103H136ClF2N11O5. The number of rotatable bonds is 28. The number of nitrogens with zero attached hydrogens (tertiary/aromatic N) is 8. The lowest BCUT2D eigenvalue weighted by Gasteiger charge is -2.41. The number of pyridine rings is 1. The van der Waals surface area contributed by atoms with Crippen LogP contribution in [0.4, 0.5) is 35.4 Å². The average Bonchev–Trinajstić information content (AvgIpc) is 0.825. The van der Waals surface area contributed by atoms with Crippen molar-refractivity contribution in [1.29, 1.82) is 0 Å². The molecule has 0 radical (unpaired) electrons. The minimum absolute atomic E-state index is 0.0000288.